The van der Waals surface area contributed by atoms with Crippen molar-refractivity contribution in [3.8, 4) is 0 Å². The zero-order valence-electron chi connectivity index (χ0n) is 11.2. The van der Waals surface area contributed by atoms with E-state index >= 15 is 0 Å². The summed E-state index contributed by atoms with van der Waals surface area (Å²) in [5, 5.41) is 3.92. The summed E-state index contributed by atoms with van der Waals surface area (Å²) < 4.78 is 14.1. The Bertz CT molecular complexity index is 571. The van der Waals surface area contributed by atoms with Crippen molar-refractivity contribution in [2.75, 3.05) is 6.54 Å². The van der Waals surface area contributed by atoms with Gasteiger partial charge in [-0.25, -0.2) is 4.39 Å². The van der Waals surface area contributed by atoms with E-state index in [1.807, 2.05) is 12.1 Å². The van der Waals surface area contributed by atoms with E-state index in [9.17, 15) is 4.39 Å². The zero-order valence-corrected chi connectivity index (χ0v) is 13.5. The Hall–Kier alpha value is -0.900. The third-order valence-corrected chi connectivity index (χ3v) is 4.04. The molecule has 0 aromatic heterocycles. The standard InChI is InChI=1S/C16H16BrClFN/c1-2-20-16(11-3-6-13(17)7-4-11)9-12-5-8-14(19)10-15(12)18/h3-8,10,16,20H,2,9H2,1H3. The lowest BCUT2D eigenvalue weighted by Gasteiger charge is -2.19. The van der Waals surface area contributed by atoms with Crippen molar-refractivity contribution in [3.63, 3.8) is 0 Å². The molecule has 4 heteroatoms. The van der Waals surface area contributed by atoms with Gasteiger partial charge in [-0.2, -0.15) is 0 Å². The number of hydrogen-bond acceptors (Lipinski definition) is 1. The van der Waals surface area contributed by atoms with Gasteiger partial charge in [0.1, 0.15) is 5.82 Å². The van der Waals surface area contributed by atoms with Gasteiger partial charge >= 0.3 is 0 Å². The van der Waals surface area contributed by atoms with Crippen molar-refractivity contribution in [2.24, 2.45) is 0 Å². The monoisotopic (exact) mass is 355 g/mol. The Morgan fingerprint density at radius 1 is 1.20 bits per heavy atom. The smallest absolute Gasteiger partial charge is 0.124 e. The minimum absolute atomic E-state index is 0.163. The van der Waals surface area contributed by atoms with Crippen LogP contribution < -0.4 is 5.32 Å². The van der Waals surface area contributed by atoms with Crippen LogP contribution in [0.15, 0.2) is 46.9 Å². The van der Waals surface area contributed by atoms with Gasteiger partial charge in [-0.3, -0.25) is 0 Å². The van der Waals surface area contributed by atoms with Crippen LogP contribution in [0, 0.1) is 5.82 Å². The van der Waals surface area contributed by atoms with E-state index in [-0.39, 0.29) is 11.9 Å². The van der Waals surface area contributed by atoms with E-state index in [0.717, 1.165) is 23.0 Å². The van der Waals surface area contributed by atoms with E-state index < -0.39 is 0 Å². The first-order valence-electron chi connectivity index (χ1n) is 6.53. The van der Waals surface area contributed by atoms with Crippen LogP contribution in [0.3, 0.4) is 0 Å². The van der Waals surface area contributed by atoms with E-state index in [1.165, 1.54) is 17.7 Å². The molecule has 20 heavy (non-hydrogen) atoms. The van der Waals surface area contributed by atoms with Gasteiger partial charge in [0.05, 0.1) is 0 Å². The van der Waals surface area contributed by atoms with Crippen LogP contribution in [0.1, 0.15) is 24.1 Å². The summed E-state index contributed by atoms with van der Waals surface area (Å²) in [4.78, 5) is 0. The molecule has 1 atom stereocenters. The van der Waals surface area contributed by atoms with Gasteiger partial charge in [-0.05, 0) is 48.4 Å². The maximum atomic E-state index is 13.1. The van der Waals surface area contributed by atoms with Gasteiger partial charge in [-0.15, -0.1) is 0 Å². The quantitative estimate of drug-likeness (QED) is 0.782. The minimum atomic E-state index is -0.303. The number of nitrogens with one attached hydrogen (secondary N) is 1. The second-order valence-electron chi connectivity index (χ2n) is 4.60. The Kier molecular flexibility index (Phi) is 5.58. The molecule has 0 aliphatic heterocycles. The lowest BCUT2D eigenvalue weighted by molar-refractivity contribution is 0.549. The van der Waals surface area contributed by atoms with Crippen molar-refractivity contribution in [2.45, 2.75) is 19.4 Å². The Labute approximate surface area is 132 Å². The first kappa shape index (κ1) is 15.5. The highest BCUT2D eigenvalue weighted by Crippen LogP contribution is 2.25. The van der Waals surface area contributed by atoms with Gasteiger partial charge in [0.25, 0.3) is 0 Å². The van der Waals surface area contributed by atoms with Gasteiger partial charge in [0.2, 0.25) is 0 Å². The third kappa shape index (κ3) is 4.05. The van der Waals surface area contributed by atoms with E-state index in [4.69, 9.17) is 11.6 Å². The average Bonchev–Trinajstić information content (AvgIpc) is 2.42. The first-order chi connectivity index (χ1) is 9.60. The molecule has 1 N–H and O–H groups in total. The fraction of sp³-hybridized carbons (Fsp3) is 0.250. The largest absolute Gasteiger partial charge is 0.310 e. The normalized spacial score (nSPS) is 12.4. The molecule has 1 nitrogen and oxygen atoms in total. The molecule has 0 bridgehead atoms. The highest BCUT2D eigenvalue weighted by atomic mass is 79.9. The van der Waals surface area contributed by atoms with Crippen molar-refractivity contribution >= 4 is 27.5 Å². The summed E-state index contributed by atoms with van der Waals surface area (Å²) in [7, 11) is 0. The fourth-order valence-corrected chi connectivity index (χ4v) is 2.67. The lowest BCUT2D eigenvalue weighted by atomic mass is 9.99. The molecule has 0 radical (unpaired) electrons. The van der Waals surface area contributed by atoms with Gasteiger partial charge in [0, 0.05) is 15.5 Å². The van der Waals surface area contributed by atoms with Crippen molar-refractivity contribution in [1.29, 1.82) is 0 Å². The molecule has 1 unspecified atom stereocenters. The number of rotatable bonds is 5. The predicted octanol–water partition coefficient (Wildman–Crippen LogP) is 5.13. The maximum absolute atomic E-state index is 13.1. The van der Waals surface area contributed by atoms with E-state index in [0.29, 0.717) is 5.02 Å². The molecule has 106 valence electrons. The zero-order chi connectivity index (χ0) is 14.5. The van der Waals surface area contributed by atoms with Gasteiger partial charge in [0.15, 0.2) is 0 Å². The Balaban J connectivity index is 2.22. The number of benzene rings is 2. The highest BCUT2D eigenvalue weighted by molar-refractivity contribution is 9.10. The van der Waals surface area contributed by atoms with Crippen LogP contribution in [-0.2, 0) is 6.42 Å². The molecule has 2 aromatic carbocycles. The summed E-state index contributed by atoms with van der Waals surface area (Å²) >= 11 is 9.55. The second-order valence-corrected chi connectivity index (χ2v) is 5.92. The van der Waals surface area contributed by atoms with Gasteiger partial charge < -0.3 is 5.32 Å². The fourth-order valence-electron chi connectivity index (χ4n) is 2.16. The van der Waals surface area contributed by atoms with Crippen LogP contribution in [0.4, 0.5) is 4.39 Å². The number of likely N-dealkylation sites (N-methyl/N-ethyl adjacent to an activating group) is 1. The third-order valence-electron chi connectivity index (χ3n) is 3.16. The van der Waals surface area contributed by atoms with Crippen LogP contribution in [0.2, 0.25) is 5.02 Å². The molecule has 0 aliphatic rings. The Morgan fingerprint density at radius 3 is 2.50 bits per heavy atom. The molecular formula is C16H16BrClFN. The molecule has 0 saturated carbocycles. The van der Waals surface area contributed by atoms with Crippen molar-refractivity contribution < 1.29 is 4.39 Å². The molecule has 0 spiro atoms. The SMILES string of the molecule is CCNC(Cc1ccc(F)cc1Cl)c1ccc(Br)cc1. The summed E-state index contributed by atoms with van der Waals surface area (Å²) in [6.07, 6.45) is 0.731. The molecule has 2 rings (SSSR count). The maximum Gasteiger partial charge on any atom is 0.124 e. The lowest BCUT2D eigenvalue weighted by Crippen LogP contribution is -2.23. The molecule has 0 amide bonds. The molecule has 0 fully saturated rings. The molecule has 0 aliphatic carbocycles. The highest BCUT2D eigenvalue weighted by Gasteiger charge is 2.13. The molecular weight excluding hydrogens is 341 g/mol. The van der Waals surface area contributed by atoms with E-state index in [2.05, 4.69) is 40.3 Å². The topological polar surface area (TPSA) is 12.0 Å². The van der Waals surface area contributed by atoms with Gasteiger partial charge in [-0.1, -0.05) is 52.7 Å². The van der Waals surface area contributed by atoms with Crippen LogP contribution >= 0.6 is 27.5 Å². The summed E-state index contributed by atoms with van der Waals surface area (Å²) in [6, 6.07) is 12.9. The van der Waals surface area contributed by atoms with Crippen LogP contribution in [0.5, 0.6) is 0 Å². The van der Waals surface area contributed by atoms with E-state index in [1.54, 1.807) is 6.07 Å². The summed E-state index contributed by atoms with van der Waals surface area (Å²) in [5.41, 5.74) is 2.14. The number of halogens is 3. The van der Waals surface area contributed by atoms with Crippen LogP contribution in [0.25, 0.3) is 0 Å². The predicted molar refractivity (Wildman–Crippen MR) is 85.7 cm³/mol. The first-order valence-corrected chi connectivity index (χ1v) is 7.70. The minimum Gasteiger partial charge on any atom is -0.310 e. The second kappa shape index (κ2) is 7.21. The van der Waals surface area contributed by atoms with Crippen molar-refractivity contribution in [3.05, 3.63) is 68.9 Å². The summed E-state index contributed by atoms with van der Waals surface area (Å²) in [5.74, 6) is -0.303. The molecule has 2 aromatic rings. The number of hydrogen-bond donors (Lipinski definition) is 1. The molecule has 0 heterocycles. The molecule has 0 saturated heterocycles. The Morgan fingerprint density at radius 2 is 1.90 bits per heavy atom. The van der Waals surface area contributed by atoms with Crippen LogP contribution in [-0.4, -0.2) is 6.54 Å². The van der Waals surface area contributed by atoms with Crippen molar-refractivity contribution in [1.82, 2.24) is 5.32 Å². The average molecular weight is 357 g/mol. The summed E-state index contributed by atoms with van der Waals surface area (Å²) in [6.45, 7) is 2.93.